The molecule has 5 nitrogen and oxygen atoms in total. The Labute approximate surface area is 145 Å². The van der Waals surface area contributed by atoms with Gasteiger partial charge in [-0.25, -0.2) is 4.98 Å². The third-order valence-electron chi connectivity index (χ3n) is 3.06. The van der Waals surface area contributed by atoms with Gasteiger partial charge in [-0.3, -0.25) is 4.79 Å². The highest BCUT2D eigenvalue weighted by atomic mass is 35.5. The summed E-state index contributed by atoms with van der Waals surface area (Å²) in [7, 11) is 1.58. The van der Waals surface area contributed by atoms with Crippen LogP contribution in [0.4, 0.5) is 11.4 Å². The molecule has 0 atom stereocenters. The SMILES string of the molecule is COc1cc(NCc2cnc(Cl)s2)ccc1NC(=O)CC(C)C. The van der Waals surface area contributed by atoms with Gasteiger partial charge in [0, 0.05) is 29.2 Å². The minimum absolute atomic E-state index is 0.0155. The summed E-state index contributed by atoms with van der Waals surface area (Å²) in [6.07, 6.45) is 2.23. The van der Waals surface area contributed by atoms with E-state index in [9.17, 15) is 4.79 Å². The van der Waals surface area contributed by atoms with E-state index in [1.54, 1.807) is 13.3 Å². The van der Waals surface area contributed by atoms with Crippen LogP contribution in [-0.2, 0) is 11.3 Å². The molecule has 2 rings (SSSR count). The van der Waals surface area contributed by atoms with Crippen LogP contribution in [0.1, 0.15) is 25.1 Å². The Kier molecular flexibility index (Phi) is 6.24. The van der Waals surface area contributed by atoms with Crippen molar-refractivity contribution in [3.63, 3.8) is 0 Å². The van der Waals surface area contributed by atoms with Crippen LogP contribution in [0.25, 0.3) is 0 Å². The molecule has 1 aromatic carbocycles. The van der Waals surface area contributed by atoms with Crippen LogP contribution in [0.15, 0.2) is 24.4 Å². The summed E-state index contributed by atoms with van der Waals surface area (Å²) in [5.41, 5.74) is 1.57. The van der Waals surface area contributed by atoms with E-state index in [2.05, 4.69) is 15.6 Å². The van der Waals surface area contributed by atoms with E-state index >= 15 is 0 Å². The second kappa shape index (κ2) is 8.17. The Bertz CT molecular complexity index is 673. The highest BCUT2D eigenvalue weighted by molar-refractivity contribution is 7.15. The lowest BCUT2D eigenvalue weighted by atomic mass is 10.1. The van der Waals surface area contributed by atoms with Gasteiger partial charge in [0.25, 0.3) is 0 Å². The van der Waals surface area contributed by atoms with Gasteiger partial charge in [-0.1, -0.05) is 25.4 Å². The number of halogens is 1. The van der Waals surface area contributed by atoms with E-state index in [0.717, 1.165) is 10.6 Å². The smallest absolute Gasteiger partial charge is 0.224 e. The van der Waals surface area contributed by atoms with Crippen LogP contribution < -0.4 is 15.4 Å². The third-order valence-corrected chi connectivity index (χ3v) is 4.18. The van der Waals surface area contributed by atoms with Gasteiger partial charge in [-0.2, -0.15) is 0 Å². The van der Waals surface area contributed by atoms with Gasteiger partial charge in [-0.15, -0.1) is 11.3 Å². The Morgan fingerprint density at radius 1 is 1.43 bits per heavy atom. The summed E-state index contributed by atoms with van der Waals surface area (Å²) in [5.74, 6) is 0.918. The molecule has 0 aliphatic heterocycles. The molecule has 0 aliphatic carbocycles. The van der Waals surface area contributed by atoms with Gasteiger partial charge in [0.2, 0.25) is 5.91 Å². The molecular weight excluding hydrogens is 334 g/mol. The maximum absolute atomic E-state index is 11.9. The first-order chi connectivity index (χ1) is 11.0. The first kappa shape index (κ1) is 17.6. The van der Waals surface area contributed by atoms with Crippen LogP contribution in [0.5, 0.6) is 5.75 Å². The fourth-order valence-corrected chi connectivity index (χ4v) is 2.95. The van der Waals surface area contributed by atoms with Crippen LogP contribution >= 0.6 is 22.9 Å². The van der Waals surface area contributed by atoms with Crippen molar-refractivity contribution in [2.24, 2.45) is 5.92 Å². The maximum atomic E-state index is 11.9. The van der Waals surface area contributed by atoms with Crippen molar-refractivity contribution in [3.8, 4) is 5.75 Å². The minimum Gasteiger partial charge on any atom is -0.494 e. The molecule has 0 radical (unpaired) electrons. The molecule has 1 aromatic heterocycles. The molecule has 0 unspecified atom stereocenters. The van der Waals surface area contributed by atoms with Gasteiger partial charge in [0.15, 0.2) is 4.47 Å². The number of benzene rings is 1. The van der Waals surface area contributed by atoms with Gasteiger partial charge >= 0.3 is 0 Å². The maximum Gasteiger partial charge on any atom is 0.224 e. The van der Waals surface area contributed by atoms with Gasteiger partial charge in [0.05, 0.1) is 19.3 Å². The second-order valence-electron chi connectivity index (χ2n) is 5.49. The lowest BCUT2D eigenvalue weighted by Gasteiger charge is -2.13. The zero-order valence-corrected chi connectivity index (χ0v) is 14.9. The molecule has 1 heterocycles. The standard InChI is InChI=1S/C16H20ClN3O2S/c1-10(2)6-15(21)20-13-5-4-11(7-14(13)22-3)18-8-12-9-19-16(17)23-12/h4-5,7,9-10,18H,6,8H2,1-3H3,(H,20,21). The summed E-state index contributed by atoms with van der Waals surface area (Å²) in [6, 6.07) is 5.59. The molecule has 23 heavy (non-hydrogen) atoms. The first-order valence-corrected chi connectivity index (χ1v) is 8.49. The molecule has 0 saturated heterocycles. The minimum atomic E-state index is -0.0155. The molecule has 0 fully saturated rings. The summed E-state index contributed by atoms with van der Waals surface area (Å²) >= 11 is 7.25. The Balaban J connectivity index is 2.02. The largest absolute Gasteiger partial charge is 0.494 e. The number of hydrogen-bond donors (Lipinski definition) is 2. The number of hydrogen-bond acceptors (Lipinski definition) is 5. The predicted molar refractivity (Wildman–Crippen MR) is 95.5 cm³/mol. The quantitative estimate of drug-likeness (QED) is 0.774. The summed E-state index contributed by atoms with van der Waals surface area (Å²) in [6.45, 7) is 4.65. The topological polar surface area (TPSA) is 63.2 Å². The molecular formula is C16H20ClN3O2S. The molecule has 0 bridgehead atoms. The van der Waals surface area contributed by atoms with Crippen molar-refractivity contribution in [2.45, 2.75) is 26.8 Å². The van der Waals surface area contributed by atoms with E-state index in [4.69, 9.17) is 16.3 Å². The van der Waals surface area contributed by atoms with Crippen molar-refractivity contribution < 1.29 is 9.53 Å². The highest BCUT2D eigenvalue weighted by Crippen LogP contribution is 2.29. The van der Waals surface area contributed by atoms with Crippen LogP contribution in [0, 0.1) is 5.92 Å². The summed E-state index contributed by atoms with van der Waals surface area (Å²) in [5, 5.41) is 6.16. The molecule has 7 heteroatoms. The highest BCUT2D eigenvalue weighted by Gasteiger charge is 2.10. The van der Waals surface area contributed by atoms with E-state index in [0.29, 0.717) is 34.8 Å². The number of rotatable bonds is 7. The lowest BCUT2D eigenvalue weighted by molar-refractivity contribution is -0.116. The van der Waals surface area contributed by atoms with E-state index in [-0.39, 0.29) is 5.91 Å². The number of thiazole rings is 1. The number of carbonyl (C=O) groups excluding carboxylic acids is 1. The number of methoxy groups -OCH3 is 1. The van der Waals surface area contributed by atoms with Crippen LogP contribution in [-0.4, -0.2) is 18.0 Å². The number of amides is 1. The number of carbonyl (C=O) groups is 1. The Hall–Kier alpha value is -1.79. The van der Waals surface area contributed by atoms with E-state index in [1.807, 2.05) is 32.0 Å². The third kappa shape index (κ3) is 5.41. The van der Waals surface area contributed by atoms with Crippen molar-refractivity contribution >= 4 is 40.2 Å². The molecule has 0 saturated carbocycles. The first-order valence-electron chi connectivity index (χ1n) is 7.30. The predicted octanol–water partition coefficient (Wildman–Crippen LogP) is 4.40. The Morgan fingerprint density at radius 3 is 2.83 bits per heavy atom. The van der Waals surface area contributed by atoms with Crippen molar-refractivity contribution in [3.05, 3.63) is 33.7 Å². The molecule has 0 aliphatic rings. The molecule has 1 amide bonds. The van der Waals surface area contributed by atoms with E-state index < -0.39 is 0 Å². The summed E-state index contributed by atoms with van der Waals surface area (Å²) < 4.78 is 5.89. The van der Waals surface area contributed by atoms with Gasteiger partial charge in [-0.05, 0) is 18.1 Å². The van der Waals surface area contributed by atoms with E-state index in [1.165, 1.54) is 11.3 Å². The number of nitrogens with zero attached hydrogens (tertiary/aromatic N) is 1. The van der Waals surface area contributed by atoms with Crippen LogP contribution in [0.3, 0.4) is 0 Å². The lowest BCUT2D eigenvalue weighted by Crippen LogP contribution is -2.14. The molecule has 124 valence electrons. The average molecular weight is 354 g/mol. The van der Waals surface area contributed by atoms with Gasteiger partial charge < -0.3 is 15.4 Å². The average Bonchev–Trinajstić information content (AvgIpc) is 2.91. The van der Waals surface area contributed by atoms with Crippen LogP contribution in [0.2, 0.25) is 4.47 Å². The number of aromatic nitrogens is 1. The summed E-state index contributed by atoms with van der Waals surface area (Å²) in [4.78, 5) is 16.9. The Morgan fingerprint density at radius 2 is 2.22 bits per heavy atom. The molecule has 0 spiro atoms. The van der Waals surface area contributed by atoms with Crippen molar-refractivity contribution in [2.75, 3.05) is 17.7 Å². The normalized spacial score (nSPS) is 10.7. The fraction of sp³-hybridized carbons (Fsp3) is 0.375. The molecule has 2 aromatic rings. The number of anilines is 2. The fourth-order valence-electron chi connectivity index (χ4n) is 2.03. The zero-order valence-electron chi connectivity index (χ0n) is 13.4. The van der Waals surface area contributed by atoms with Crippen molar-refractivity contribution in [1.29, 1.82) is 0 Å². The number of nitrogens with one attached hydrogen (secondary N) is 2. The zero-order chi connectivity index (χ0) is 16.8. The number of ether oxygens (including phenoxy) is 1. The molecule has 2 N–H and O–H groups in total. The second-order valence-corrected chi connectivity index (χ2v) is 7.19. The van der Waals surface area contributed by atoms with Gasteiger partial charge in [0.1, 0.15) is 5.75 Å². The van der Waals surface area contributed by atoms with Crippen molar-refractivity contribution in [1.82, 2.24) is 4.98 Å². The monoisotopic (exact) mass is 353 g/mol.